The second-order valence-corrected chi connectivity index (χ2v) is 9.10. The number of amides is 2. The van der Waals surface area contributed by atoms with Crippen LogP contribution >= 0.6 is 11.8 Å². The SMILES string of the molecule is CCCCOc1ccc(/C=C2/SC(=Nc3cccc(C(=O)N4CCOCC4)c3)N(C)C2=O)cc1. The molecule has 0 spiro atoms. The molecule has 178 valence electrons. The molecular weight excluding hydrogens is 450 g/mol. The number of rotatable bonds is 7. The van der Waals surface area contributed by atoms with Crippen molar-refractivity contribution in [3.05, 3.63) is 64.6 Å². The molecular formula is C26H29N3O4S. The van der Waals surface area contributed by atoms with E-state index in [1.165, 1.54) is 16.7 Å². The Hall–Kier alpha value is -3.10. The summed E-state index contributed by atoms with van der Waals surface area (Å²) in [6, 6.07) is 14.9. The fourth-order valence-corrected chi connectivity index (χ4v) is 4.55. The first kappa shape index (κ1) is 24.0. The summed E-state index contributed by atoms with van der Waals surface area (Å²) >= 11 is 1.32. The number of unbranched alkanes of at least 4 members (excludes halogenated alkanes) is 1. The maximum Gasteiger partial charge on any atom is 0.266 e. The lowest BCUT2D eigenvalue weighted by Gasteiger charge is -2.26. The van der Waals surface area contributed by atoms with E-state index in [1.54, 1.807) is 24.1 Å². The number of amidine groups is 1. The fourth-order valence-electron chi connectivity index (χ4n) is 3.57. The molecule has 2 amide bonds. The van der Waals surface area contributed by atoms with Gasteiger partial charge in [0.25, 0.3) is 11.8 Å². The number of carbonyl (C=O) groups excluding carboxylic acids is 2. The van der Waals surface area contributed by atoms with Gasteiger partial charge in [-0.15, -0.1) is 0 Å². The van der Waals surface area contributed by atoms with Crippen LogP contribution in [0.3, 0.4) is 0 Å². The monoisotopic (exact) mass is 479 g/mol. The van der Waals surface area contributed by atoms with E-state index < -0.39 is 0 Å². The number of hydrogen-bond donors (Lipinski definition) is 0. The smallest absolute Gasteiger partial charge is 0.266 e. The Labute approximate surface area is 204 Å². The minimum absolute atomic E-state index is 0.0310. The van der Waals surface area contributed by atoms with E-state index in [-0.39, 0.29) is 11.8 Å². The Morgan fingerprint density at radius 2 is 1.94 bits per heavy atom. The molecule has 2 fully saturated rings. The molecule has 0 aliphatic carbocycles. The van der Waals surface area contributed by atoms with Crippen LogP contribution in [0.2, 0.25) is 0 Å². The van der Waals surface area contributed by atoms with E-state index in [0.29, 0.717) is 54.2 Å². The summed E-state index contributed by atoms with van der Waals surface area (Å²) in [6.07, 6.45) is 3.98. The Kier molecular flexibility index (Phi) is 8.03. The Balaban J connectivity index is 1.47. The van der Waals surface area contributed by atoms with Gasteiger partial charge in [-0.1, -0.05) is 31.5 Å². The second-order valence-electron chi connectivity index (χ2n) is 8.10. The molecule has 0 unspecified atom stereocenters. The zero-order valence-electron chi connectivity index (χ0n) is 19.5. The quantitative estimate of drug-likeness (QED) is 0.430. The van der Waals surface area contributed by atoms with Gasteiger partial charge in [0.2, 0.25) is 0 Å². The van der Waals surface area contributed by atoms with Gasteiger partial charge in [0.15, 0.2) is 5.17 Å². The number of thioether (sulfide) groups is 1. The predicted octanol–water partition coefficient (Wildman–Crippen LogP) is 4.57. The standard InChI is InChI=1S/C26H29N3O4S/c1-3-4-14-33-22-10-8-19(9-11-22)17-23-25(31)28(2)26(34-23)27-21-7-5-6-20(18-21)24(30)29-12-15-32-16-13-29/h5-11,17-18H,3-4,12-16H2,1-2H3/b23-17+,27-26?. The number of nitrogens with zero attached hydrogens (tertiary/aromatic N) is 3. The highest BCUT2D eigenvalue weighted by atomic mass is 32.2. The number of morpholine rings is 1. The van der Waals surface area contributed by atoms with E-state index in [9.17, 15) is 9.59 Å². The van der Waals surface area contributed by atoms with Gasteiger partial charge in [-0.25, -0.2) is 4.99 Å². The third-order valence-corrected chi connectivity index (χ3v) is 6.62. The third-order valence-electron chi connectivity index (χ3n) is 5.56. The first-order valence-electron chi connectivity index (χ1n) is 11.5. The van der Waals surface area contributed by atoms with Crippen LogP contribution in [0, 0.1) is 0 Å². The molecule has 34 heavy (non-hydrogen) atoms. The van der Waals surface area contributed by atoms with Crippen LogP contribution in [-0.2, 0) is 9.53 Å². The zero-order valence-corrected chi connectivity index (χ0v) is 20.3. The molecule has 0 N–H and O–H groups in total. The van der Waals surface area contributed by atoms with Crippen LogP contribution in [0.5, 0.6) is 5.75 Å². The lowest BCUT2D eigenvalue weighted by atomic mass is 10.1. The minimum Gasteiger partial charge on any atom is -0.494 e. The van der Waals surface area contributed by atoms with Crippen molar-refractivity contribution < 1.29 is 19.1 Å². The highest BCUT2D eigenvalue weighted by Crippen LogP contribution is 2.33. The average Bonchev–Trinajstić information content (AvgIpc) is 3.13. The maximum absolute atomic E-state index is 12.8. The van der Waals surface area contributed by atoms with E-state index in [1.807, 2.05) is 42.5 Å². The minimum atomic E-state index is -0.104. The third kappa shape index (κ3) is 5.87. The van der Waals surface area contributed by atoms with Gasteiger partial charge in [0.1, 0.15) is 5.75 Å². The van der Waals surface area contributed by atoms with Crippen molar-refractivity contribution in [2.75, 3.05) is 40.0 Å². The van der Waals surface area contributed by atoms with Crippen molar-refractivity contribution in [1.29, 1.82) is 0 Å². The molecule has 0 aromatic heterocycles. The molecule has 2 aliphatic heterocycles. The van der Waals surface area contributed by atoms with Crippen LogP contribution in [-0.4, -0.2) is 66.7 Å². The Bertz CT molecular complexity index is 1090. The Morgan fingerprint density at radius 1 is 1.18 bits per heavy atom. The molecule has 2 heterocycles. The summed E-state index contributed by atoms with van der Waals surface area (Å²) in [7, 11) is 1.71. The highest BCUT2D eigenvalue weighted by molar-refractivity contribution is 8.18. The summed E-state index contributed by atoms with van der Waals surface area (Å²) in [6.45, 7) is 5.12. The number of aliphatic imine (C=N–C) groups is 1. The van der Waals surface area contributed by atoms with Crippen molar-refractivity contribution in [3.63, 3.8) is 0 Å². The molecule has 0 atom stereocenters. The topological polar surface area (TPSA) is 71.4 Å². The van der Waals surface area contributed by atoms with Gasteiger partial charge >= 0.3 is 0 Å². The largest absolute Gasteiger partial charge is 0.494 e. The number of hydrogen-bond acceptors (Lipinski definition) is 6. The van der Waals surface area contributed by atoms with Gasteiger partial charge in [-0.2, -0.15) is 0 Å². The summed E-state index contributed by atoms with van der Waals surface area (Å²) in [4.78, 5) is 34.2. The van der Waals surface area contributed by atoms with Crippen LogP contribution < -0.4 is 4.74 Å². The predicted molar refractivity (Wildman–Crippen MR) is 135 cm³/mol. The van der Waals surface area contributed by atoms with E-state index in [4.69, 9.17) is 9.47 Å². The lowest BCUT2D eigenvalue weighted by Crippen LogP contribution is -2.40. The summed E-state index contributed by atoms with van der Waals surface area (Å²) in [5.74, 6) is 0.691. The van der Waals surface area contributed by atoms with Crippen LogP contribution in [0.15, 0.2) is 58.4 Å². The van der Waals surface area contributed by atoms with Crippen LogP contribution in [0.4, 0.5) is 5.69 Å². The molecule has 2 aromatic carbocycles. The highest BCUT2D eigenvalue weighted by Gasteiger charge is 2.30. The van der Waals surface area contributed by atoms with E-state index in [2.05, 4.69) is 11.9 Å². The van der Waals surface area contributed by atoms with E-state index >= 15 is 0 Å². The lowest BCUT2D eigenvalue weighted by molar-refractivity contribution is -0.121. The van der Waals surface area contributed by atoms with Gasteiger partial charge in [0, 0.05) is 25.7 Å². The van der Waals surface area contributed by atoms with Crippen LogP contribution in [0.1, 0.15) is 35.7 Å². The fraction of sp³-hybridized carbons (Fsp3) is 0.346. The zero-order chi connectivity index (χ0) is 23.9. The van der Waals surface area contributed by atoms with Crippen LogP contribution in [0.25, 0.3) is 6.08 Å². The normalized spacial score (nSPS) is 18.7. The second kappa shape index (κ2) is 11.4. The molecule has 2 saturated heterocycles. The van der Waals surface area contributed by atoms with Gasteiger partial charge in [-0.05, 0) is 60.2 Å². The van der Waals surface area contributed by atoms with Crippen molar-refractivity contribution in [2.24, 2.45) is 4.99 Å². The molecule has 4 rings (SSSR count). The molecule has 2 aromatic rings. The maximum atomic E-state index is 12.8. The number of ether oxygens (including phenoxy) is 2. The molecule has 0 saturated carbocycles. The van der Waals surface area contributed by atoms with Crippen molar-refractivity contribution in [1.82, 2.24) is 9.80 Å². The summed E-state index contributed by atoms with van der Waals surface area (Å²) in [5.41, 5.74) is 2.14. The van der Waals surface area contributed by atoms with Gasteiger partial charge in [0.05, 0.1) is 30.4 Å². The molecule has 7 nitrogen and oxygen atoms in total. The summed E-state index contributed by atoms with van der Waals surface area (Å²) in [5, 5.41) is 0.576. The Morgan fingerprint density at radius 3 is 2.68 bits per heavy atom. The molecule has 2 aliphatic rings. The number of benzene rings is 2. The first-order chi connectivity index (χ1) is 16.5. The number of carbonyl (C=O) groups is 2. The molecule has 8 heteroatoms. The average molecular weight is 480 g/mol. The molecule has 0 radical (unpaired) electrons. The molecule has 0 bridgehead atoms. The number of likely N-dealkylation sites (N-methyl/N-ethyl adjacent to an activating group) is 1. The van der Waals surface area contributed by atoms with Gasteiger partial charge in [-0.3, -0.25) is 14.5 Å². The van der Waals surface area contributed by atoms with Crippen molar-refractivity contribution in [3.8, 4) is 5.75 Å². The van der Waals surface area contributed by atoms with Crippen molar-refractivity contribution in [2.45, 2.75) is 19.8 Å². The summed E-state index contributed by atoms with van der Waals surface area (Å²) < 4.78 is 11.0. The first-order valence-corrected chi connectivity index (χ1v) is 12.3. The van der Waals surface area contributed by atoms with Crippen molar-refractivity contribution >= 4 is 40.5 Å². The van der Waals surface area contributed by atoms with Gasteiger partial charge < -0.3 is 14.4 Å². The van der Waals surface area contributed by atoms with E-state index in [0.717, 1.165) is 24.2 Å².